The molecule has 0 unspecified atom stereocenters. The van der Waals surface area contributed by atoms with E-state index in [1.807, 2.05) is 0 Å². The van der Waals surface area contributed by atoms with Crippen LogP contribution in [0.4, 0.5) is 12.9 Å². The molecule has 0 rings (SSSR count). The smallest absolute Gasteiger partial charge is 0.447 e. The SMILES string of the molecule is C=CCOCCOC[B-](F)(F)F.[K+]. The molecule has 2 nitrogen and oxygen atoms in total. The van der Waals surface area contributed by atoms with E-state index in [9.17, 15) is 12.9 Å². The Morgan fingerprint density at radius 3 is 2.15 bits per heavy atom. The van der Waals surface area contributed by atoms with Crippen molar-refractivity contribution in [2.75, 3.05) is 26.3 Å². The normalized spacial score (nSPS) is 10.7. The minimum absolute atomic E-state index is 0. The van der Waals surface area contributed by atoms with Gasteiger partial charge in [-0.3, -0.25) is 0 Å². The number of ether oxygens (including phenoxy) is 2. The molecule has 0 amide bonds. The van der Waals surface area contributed by atoms with Crippen LogP contribution in [0.1, 0.15) is 0 Å². The number of hydrogen-bond acceptors (Lipinski definition) is 2. The summed E-state index contributed by atoms with van der Waals surface area (Å²) in [7, 11) is 0. The van der Waals surface area contributed by atoms with Gasteiger partial charge in [-0.2, -0.15) is 0 Å². The van der Waals surface area contributed by atoms with Crippen LogP contribution in [0.3, 0.4) is 0 Å². The van der Waals surface area contributed by atoms with Crippen LogP contribution in [0.5, 0.6) is 0 Å². The van der Waals surface area contributed by atoms with Crippen LogP contribution in [0, 0.1) is 0 Å². The molecule has 0 atom stereocenters. The van der Waals surface area contributed by atoms with E-state index >= 15 is 0 Å². The summed E-state index contributed by atoms with van der Waals surface area (Å²) in [6, 6.07) is 0. The zero-order valence-corrected chi connectivity index (χ0v) is 10.8. The van der Waals surface area contributed by atoms with Crippen LogP contribution in [-0.2, 0) is 9.47 Å². The average Bonchev–Trinajstić information content (AvgIpc) is 1.94. The van der Waals surface area contributed by atoms with Gasteiger partial charge in [0, 0.05) is 6.51 Å². The monoisotopic (exact) mass is 222 g/mol. The van der Waals surface area contributed by atoms with Crippen LogP contribution >= 0.6 is 0 Å². The van der Waals surface area contributed by atoms with Gasteiger partial charge in [-0.15, -0.1) is 6.58 Å². The largest absolute Gasteiger partial charge is 1.00 e. The summed E-state index contributed by atoms with van der Waals surface area (Å²) >= 11 is 0. The van der Waals surface area contributed by atoms with E-state index in [1.165, 1.54) is 6.08 Å². The fraction of sp³-hybridized carbons (Fsp3) is 0.667. The third-order valence-corrected chi connectivity index (χ3v) is 0.915. The molecule has 0 bridgehead atoms. The molecule has 7 heteroatoms. The maximum Gasteiger partial charge on any atom is 1.00 e. The zero-order chi connectivity index (χ0) is 9.45. The van der Waals surface area contributed by atoms with Crippen LogP contribution < -0.4 is 51.4 Å². The molecule has 0 heterocycles. The van der Waals surface area contributed by atoms with Crippen LogP contribution in [0.2, 0.25) is 0 Å². The van der Waals surface area contributed by atoms with Gasteiger partial charge in [-0.1, -0.05) is 6.08 Å². The molecular formula is C6H11BF3KO2. The first-order valence-corrected chi connectivity index (χ1v) is 3.53. The van der Waals surface area contributed by atoms with E-state index in [4.69, 9.17) is 4.74 Å². The maximum atomic E-state index is 11.5. The Morgan fingerprint density at radius 2 is 1.69 bits per heavy atom. The average molecular weight is 222 g/mol. The second kappa shape index (κ2) is 9.70. The second-order valence-electron chi connectivity index (χ2n) is 2.15. The van der Waals surface area contributed by atoms with Gasteiger partial charge < -0.3 is 22.4 Å². The minimum atomic E-state index is -4.82. The summed E-state index contributed by atoms with van der Waals surface area (Å²) < 4.78 is 43.6. The van der Waals surface area contributed by atoms with E-state index in [-0.39, 0.29) is 64.6 Å². The van der Waals surface area contributed by atoms with Crippen molar-refractivity contribution in [2.24, 2.45) is 0 Å². The molecule has 0 aliphatic rings. The van der Waals surface area contributed by atoms with Gasteiger partial charge in [0.05, 0.1) is 19.8 Å². The molecule has 0 fully saturated rings. The molecule has 0 N–H and O–H groups in total. The van der Waals surface area contributed by atoms with E-state index in [0.29, 0.717) is 6.61 Å². The van der Waals surface area contributed by atoms with Gasteiger partial charge in [-0.25, -0.2) is 0 Å². The molecule has 0 aromatic rings. The fourth-order valence-corrected chi connectivity index (χ4v) is 0.501. The standard InChI is InChI=1S/C6H11BF3O2.K/c1-2-3-11-4-5-12-6-7(8,9)10;/h2H,1,3-6H2;/q-1;+1. The van der Waals surface area contributed by atoms with Gasteiger partial charge in [0.15, 0.2) is 0 Å². The van der Waals surface area contributed by atoms with E-state index in [2.05, 4.69) is 11.3 Å². The summed E-state index contributed by atoms with van der Waals surface area (Å²) in [6.07, 6.45) is 1.52. The van der Waals surface area contributed by atoms with Crippen LogP contribution in [0.25, 0.3) is 0 Å². The number of halogens is 3. The van der Waals surface area contributed by atoms with Crippen molar-refractivity contribution in [2.45, 2.75) is 0 Å². The Kier molecular flexibility index (Phi) is 12.4. The summed E-state index contributed by atoms with van der Waals surface area (Å²) in [5.74, 6) is 0. The third kappa shape index (κ3) is 15.9. The second-order valence-corrected chi connectivity index (χ2v) is 2.15. The first-order chi connectivity index (χ1) is 5.56. The molecule has 0 aromatic carbocycles. The van der Waals surface area contributed by atoms with Crippen molar-refractivity contribution < 1.29 is 73.8 Å². The topological polar surface area (TPSA) is 18.5 Å². The summed E-state index contributed by atoms with van der Waals surface area (Å²) in [4.78, 5) is 0. The van der Waals surface area contributed by atoms with Crippen LogP contribution in [-0.4, -0.2) is 33.3 Å². The van der Waals surface area contributed by atoms with Crippen molar-refractivity contribution in [1.29, 1.82) is 0 Å². The molecule has 0 saturated heterocycles. The van der Waals surface area contributed by atoms with Gasteiger partial charge in [0.1, 0.15) is 0 Å². The van der Waals surface area contributed by atoms with Gasteiger partial charge in [-0.05, 0) is 0 Å². The first-order valence-electron chi connectivity index (χ1n) is 3.53. The quantitative estimate of drug-likeness (QED) is 0.299. The molecule has 0 aliphatic carbocycles. The fourth-order valence-electron chi connectivity index (χ4n) is 0.501. The maximum absolute atomic E-state index is 11.5. The molecule has 0 aromatic heterocycles. The van der Waals surface area contributed by atoms with E-state index < -0.39 is 13.5 Å². The van der Waals surface area contributed by atoms with Crippen molar-refractivity contribution >= 4 is 6.98 Å². The molecule has 13 heavy (non-hydrogen) atoms. The molecule has 72 valence electrons. The molecule has 0 saturated carbocycles. The summed E-state index contributed by atoms with van der Waals surface area (Å²) in [5, 5.41) is 0. The van der Waals surface area contributed by atoms with E-state index in [0.717, 1.165) is 0 Å². The predicted molar refractivity (Wildman–Crippen MR) is 40.9 cm³/mol. The van der Waals surface area contributed by atoms with Crippen LogP contribution in [0.15, 0.2) is 12.7 Å². The minimum Gasteiger partial charge on any atom is -0.447 e. The predicted octanol–water partition coefficient (Wildman–Crippen LogP) is -1.40. The Morgan fingerprint density at radius 1 is 1.15 bits per heavy atom. The summed E-state index contributed by atoms with van der Waals surface area (Å²) in [6.45, 7) is -2.14. The number of hydrogen-bond donors (Lipinski definition) is 0. The Balaban J connectivity index is 0. The molecule has 0 aliphatic heterocycles. The van der Waals surface area contributed by atoms with Crippen molar-refractivity contribution in [3.8, 4) is 0 Å². The van der Waals surface area contributed by atoms with Gasteiger partial charge in [0.25, 0.3) is 0 Å². The van der Waals surface area contributed by atoms with Crippen molar-refractivity contribution in [3.05, 3.63) is 12.7 Å². The number of rotatable bonds is 7. The van der Waals surface area contributed by atoms with Gasteiger partial charge in [0.2, 0.25) is 0 Å². The third-order valence-electron chi connectivity index (χ3n) is 0.915. The van der Waals surface area contributed by atoms with Crippen molar-refractivity contribution in [3.63, 3.8) is 0 Å². The Labute approximate surface area is 118 Å². The van der Waals surface area contributed by atoms with Gasteiger partial charge >= 0.3 is 58.4 Å². The summed E-state index contributed by atoms with van der Waals surface area (Å²) in [5.41, 5.74) is 0. The zero-order valence-electron chi connectivity index (χ0n) is 7.64. The van der Waals surface area contributed by atoms with E-state index in [1.54, 1.807) is 0 Å². The first kappa shape index (κ1) is 16.6. The Bertz CT molecular complexity index is 132. The molecular weight excluding hydrogens is 211 g/mol. The molecule has 0 spiro atoms. The van der Waals surface area contributed by atoms with Crippen molar-refractivity contribution in [1.82, 2.24) is 0 Å². The molecule has 0 radical (unpaired) electrons. The Hall–Kier alpha value is 1.15.